The predicted octanol–water partition coefficient (Wildman–Crippen LogP) is 2.20. The van der Waals surface area contributed by atoms with Crippen molar-refractivity contribution in [2.24, 2.45) is 5.92 Å². The molecule has 0 aliphatic heterocycles. The second kappa shape index (κ2) is 3.26. The van der Waals surface area contributed by atoms with Crippen molar-refractivity contribution in [3.8, 4) is 0 Å². The Balaban J connectivity index is 2.19. The second-order valence-electron chi connectivity index (χ2n) is 4.73. The Labute approximate surface area is 102 Å². The lowest BCUT2D eigenvalue weighted by atomic mass is 10.1. The fourth-order valence-electron chi connectivity index (χ4n) is 2.72. The molecular formula is C10H7F5N2O2. The van der Waals surface area contributed by atoms with Gasteiger partial charge < -0.3 is 5.11 Å². The van der Waals surface area contributed by atoms with Crippen LogP contribution in [0.4, 0.5) is 22.0 Å². The van der Waals surface area contributed by atoms with E-state index in [1.807, 2.05) is 0 Å². The van der Waals surface area contributed by atoms with E-state index in [0.717, 1.165) is 0 Å². The van der Waals surface area contributed by atoms with E-state index >= 15 is 0 Å². The highest BCUT2D eigenvalue weighted by Gasteiger charge is 2.68. The van der Waals surface area contributed by atoms with Crippen LogP contribution in [0.3, 0.4) is 0 Å². The van der Waals surface area contributed by atoms with Crippen LogP contribution in [0.15, 0.2) is 0 Å². The summed E-state index contributed by atoms with van der Waals surface area (Å²) in [7, 11) is 0. The first-order chi connectivity index (χ1) is 8.64. The zero-order valence-corrected chi connectivity index (χ0v) is 9.21. The Morgan fingerprint density at radius 2 is 2.11 bits per heavy atom. The van der Waals surface area contributed by atoms with Crippen molar-refractivity contribution in [1.82, 2.24) is 9.78 Å². The van der Waals surface area contributed by atoms with E-state index in [4.69, 9.17) is 5.11 Å². The highest BCUT2D eigenvalue weighted by atomic mass is 19.4. The molecule has 2 aliphatic carbocycles. The van der Waals surface area contributed by atoms with Crippen LogP contribution in [-0.4, -0.2) is 20.9 Å². The molecule has 2 atom stereocenters. The number of nitrogens with zero attached hydrogens (tertiary/aromatic N) is 2. The highest BCUT2D eigenvalue weighted by Crippen LogP contribution is 2.68. The first-order valence-electron chi connectivity index (χ1n) is 5.42. The number of alkyl halides is 5. The molecule has 0 radical (unpaired) electrons. The van der Waals surface area contributed by atoms with E-state index < -0.39 is 53.4 Å². The molecule has 1 aromatic rings. The zero-order valence-electron chi connectivity index (χ0n) is 9.21. The van der Waals surface area contributed by atoms with Gasteiger partial charge in [0.15, 0.2) is 5.69 Å². The van der Waals surface area contributed by atoms with Gasteiger partial charge in [-0.2, -0.15) is 27.1 Å². The van der Waals surface area contributed by atoms with Crippen molar-refractivity contribution in [1.29, 1.82) is 0 Å². The van der Waals surface area contributed by atoms with Gasteiger partial charge in [0, 0.05) is 11.5 Å². The molecule has 3 rings (SSSR count). The van der Waals surface area contributed by atoms with Gasteiger partial charge in [-0.15, -0.1) is 0 Å². The third-order valence-corrected chi connectivity index (χ3v) is 3.49. The summed E-state index contributed by atoms with van der Waals surface area (Å²) in [5.41, 5.74) is -2.79. The lowest BCUT2D eigenvalue weighted by Gasteiger charge is -2.14. The largest absolute Gasteiger partial charge is 0.480 e. The Morgan fingerprint density at radius 1 is 1.47 bits per heavy atom. The molecule has 0 spiro atoms. The highest BCUT2D eigenvalue weighted by molar-refractivity contribution is 5.67. The fraction of sp³-hybridized carbons (Fsp3) is 0.600. The number of carboxylic acid groups (broad SMARTS) is 1. The van der Waals surface area contributed by atoms with E-state index in [9.17, 15) is 26.7 Å². The van der Waals surface area contributed by atoms with Crippen molar-refractivity contribution in [3.63, 3.8) is 0 Å². The molecule has 0 aromatic carbocycles. The van der Waals surface area contributed by atoms with Crippen molar-refractivity contribution in [2.75, 3.05) is 0 Å². The number of aliphatic carboxylic acids is 1. The Kier molecular flexibility index (Phi) is 2.12. The monoisotopic (exact) mass is 282 g/mol. The lowest BCUT2D eigenvalue weighted by Crippen LogP contribution is -2.22. The molecule has 2 aliphatic rings. The minimum absolute atomic E-state index is 0.0121. The Morgan fingerprint density at radius 3 is 2.63 bits per heavy atom. The van der Waals surface area contributed by atoms with Crippen molar-refractivity contribution in [3.05, 3.63) is 17.0 Å². The third-order valence-electron chi connectivity index (χ3n) is 3.49. The number of hydrogen-bond donors (Lipinski definition) is 1. The predicted molar refractivity (Wildman–Crippen MR) is 49.6 cm³/mol. The van der Waals surface area contributed by atoms with Gasteiger partial charge in [0.05, 0.1) is 0 Å². The maximum Gasteiger partial charge on any atom is 0.435 e. The van der Waals surface area contributed by atoms with Crippen LogP contribution in [0, 0.1) is 5.92 Å². The smallest absolute Gasteiger partial charge is 0.435 e. The topological polar surface area (TPSA) is 55.1 Å². The standard InChI is InChI=1S/C10H7F5N2O2/c11-9(12)4-1-3(4)6-7(10(13,14)15)16-17(8(6)9)2-5(18)19/h3-4H,1-2H2,(H,18,19)/t3?,4-/m1/s1. The van der Waals surface area contributed by atoms with E-state index in [-0.39, 0.29) is 11.1 Å². The van der Waals surface area contributed by atoms with Crippen LogP contribution in [0.5, 0.6) is 0 Å². The summed E-state index contributed by atoms with van der Waals surface area (Å²) in [6.45, 7) is -1.01. The van der Waals surface area contributed by atoms with Gasteiger partial charge in [-0.1, -0.05) is 0 Å². The number of carboxylic acids is 1. The van der Waals surface area contributed by atoms with Gasteiger partial charge in [-0.05, 0) is 12.3 Å². The maximum atomic E-state index is 13.9. The fourth-order valence-corrected chi connectivity index (χ4v) is 2.72. The minimum Gasteiger partial charge on any atom is -0.480 e. The van der Waals surface area contributed by atoms with Crippen LogP contribution in [0.1, 0.15) is 29.3 Å². The van der Waals surface area contributed by atoms with E-state index in [2.05, 4.69) is 5.10 Å². The summed E-state index contributed by atoms with van der Waals surface area (Å²) in [6, 6.07) is 0. The van der Waals surface area contributed by atoms with Crippen LogP contribution in [0.2, 0.25) is 0 Å². The van der Waals surface area contributed by atoms with Gasteiger partial charge in [-0.3, -0.25) is 9.48 Å². The van der Waals surface area contributed by atoms with Crippen molar-refractivity contribution < 1.29 is 31.9 Å². The summed E-state index contributed by atoms with van der Waals surface area (Å²) >= 11 is 0. The lowest BCUT2D eigenvalue weighted by molar-refractivity contribution is -0.143. The SMILES string of the molecule is O=C(O)Cn1nc(C(F)(F)F)c2c1C(F)(F)[C@@H]1CC21. The average Bonchev–Trinajstić information content (AvgIpc) is 2.87. The molecule has 4 nitrogen and oxygen atoms in total. The Bertz CT molecular complexity index is 577. The molecule has 1 aromatic heterocycles. The Hall–Kier alpha value is -1.67. The number of rotatable bonds is 2. The number of aromatic nitrogens is 2. The van der Waals surface area contributed by atoms with Crippen molar-refractivity contribution in [2.45, 2.75) is 31.0 Å². The van der Waals surface area contributed by atoms with Gasteiger partial charge >= 0.3 is 12.1 Å². The van der Waals surface area contributed by atoms with Crippen LogP contribution < -0.4 is 0 Å². The molecule has 0 saturated heterocycles. The molecule has 0 amide bonds. The molecule has 104 valence electrons. The normalized spacial score (nSPS) is 27.0. The molecule has 1 fully saturated rings. The molecule has 1 N–H and O–H groups in total. The first-order valence-corrected chi connectivity index (χ1v) is 5.42. The molecule has 1 heterocycles. The maximum absolute atomic E-state index is 13.9. The van der Waals surface area contributed by atoms with E-state index in [1.165, 1.54) is 0 Å². The number of fused-ring (bicyclic) bond motifs is 3. The molecule has 1 saturated carbocycles. The molecule has 19 heavy (non-hydrogen) atoms. The quantitative estimate of drug-likeness (QED) is 0.846. The van der Waals surface area contributed by atoms with E-state index in [1.54, 1.807) is 0 Å². The van der Waals surface area contributed by atoms with Gasteiger partial charge in [0.1, 0.15) is 12.2 Å². The summed E-state index contributed by atoms with van der Waals surface area (Å²) in [6.07, 6.45) is -4.87. The number of carbonyl (C=O) groups is 1. The number of hydrogen-bond acceptors (Lipinski definition) is 2. The average molecular weight is 282 g/mol. The second-order valence-corrected chi connectivity index (χ2v) is 4.73. The molecule has 1 unspecified atom stereocenters. The summed E-state index contributed by atoms with van der Waals surface area (Å²) < 4.78 is 66.3. The number of halogens is 5. The minimum atomic E-state index is -4.86. The van der Waals surface area contributed by atoms with Gasteiger partial charge in [-0.25, -0.2) is 0 Å². The zero-order chi connectivity index (χ0) is 14.2. The first kappa shape index (κ1) is 12.4. The van der Waals surface area contributed by atoms with Crippen LogP contribution in [0.25, 0.3) is 0 Å². The summed E-state index contributed by atoms with van der Waals surface area (Å²) in [4.78, 5) is 10.5. The molecule has 0 bridgehead atoms. The summed E-state index contributed by atoms with van der Waals surface area (Å²) in [5, 5.41) is 11.6. The van der Waals surface area contributed by atoms with Crippen molar-refractivity contribution >= 4 is 5.97 Å². The molecular weight excluding hydrogens is 275 g/mol. The molecule has 9 heteroatoms. The summed E-state index contributed by atoms with van der Waals surface area (Å²) in [5.74, 6) is -6.97. The third kappa shape index (κ3) is 1.56. The van der Waals surface area contributed by atoms with Gasteiger partial charge in [0.25, 0.3) is 5.92 Å². The van der Waals surface area contributed by atoms with E-state index in [0.29, 0.717) is 0 Å². The van der Waals surface area contributed by atoms with Crippen LogP contribution in [-0.2, 0) is 23.4 Å². The van der Waals surface area contributed by atoms with Crippen LogP contribution >= 0.6 is 0 Å². The van der Waals surface area contributed by atoms with Gasteiger partial charge in [0.2, 0.25) is 0 Å².